The van der Waals surface area contributed by atoms with E-state index in [1.807, 2.05) is 30.3 Å². The van der Waals surface area contributed by atoms with Gasteiger partial charge in [-0.15, -0.1) is 0 Å². The summed E-state index contributed by atoms with van der Waals surface area (Å²) < 4.78 is 13.1. The number of aliphatic imine (C=N–C) groups is 1. The fourth-order valence-electron chi connectivity index (χ4n) is 8.00. The average Bonchev–Trinajstić information content (AvgIpc) is 3.06. The van der Waals surface area contributed by atoms with Gasteiger partial charge in [0.2, 0.25) is 5.95 Å². The standard InChI is InChI=1S/C35H44Cl2N6O3/c1-22-28-18-24(35(28,2)3)19-30(22)39-33(41-10-14-45-15-11-41)38-26-6-7-27-31(21-26)40-34(42-12-16-46-17-13-42)43(32(27)44)9-8-23-4-5-25(36)20-29(23)37/h4-7,20-22,24,28,30H,8-19H2,1-3H3,(H,38,39)/t22-,24-,28+,30-/m1/s1. The zero-order valence-electron chi connectivity index (χ0n) is 27.0. The first-order valence-electron chi connectivity index (χ1n) is 16.7. The number of ether oxygens (including phenoxy) is 2. The van der Waals surface area contributed by atoms with Crippen LogP contribution in [0, 0.1) is 23.2 Å². The van der Waals surface area contributed by atoms with Gasteiger partial charge in [0.05, 0.1) is 43.4 Å². The molecule has 0 amide bonds. The second-order valence-electron chi connectivity index (χ2n) is 13.9. The maximum Gasteiger partial charge on any atom is 0.262 e. The van der Waals surface area contributed by atoms with Gasteiger partial charge in [0.15, 0.2) is 5.96 Å². The summed E-state index contributed by atoms with van der Waals surface area (Å²) in [7, 11) is 0. The molecule has 5 fully saturated rings. The molecule has 0 radical (unpaired) electrons. The molecule has 3 heterocycles. The van der Waals surface area contributed by atoms with Crippen LogP contribution < -0.4 is 15.8 Å². The fraction of sp³-hybridized carbons (Fsp3) is 0.571. The molecule has 2 bridgehead atoms. The molecule has 9 nitrogen and oxygen atoms in total. The van der Waals surface area contributed by atoms with E-state index in [9.17, 15) is 4.79 Å². The highest BCUT2D eigenvalue weighted by Gasteiger charge is 2.56. The van der Waals surface area contributed by atoms with Gasteiger partial charge in [-0.1, -0.05) is 50.0 Å². The molecule has 0 unspecified atom stereocenters. The van der Waals surface area contributed by atoms with Crippen molar-refractivity contribution in [2.24, 2.45) is 28.2 Å². The summed E-state index contributed by atoms with van der Waals surface area (Å²) in [6.45, 7) is 13.2. The predicted octanol–water partition coefficient (Wildman–Crippen LogP) is 5.95. The molecule has 2 aliphatic heterocycles. The minimum absolute atomic E-state index is 0.0666. The van der Waals surface area contributed by atoms with Gasteiger partial charge in [0.1, 0.15) is 0 Å². The van der Waals surface area contributed by atoms with Crippen LogP contribution in [0.3, 0.4) is 0 Å². The zero-order valence-corrected chi connectivity index (χ0v) is 28.5. The Hall–Kier alpha value is -2.85. The number of nitrogens with zero attached hydrogens (tertiary/aromatic N) is 5. The minimum Gasteiger partial charge on any atom is -0.378 e. The van der Waals surface area contributed by atoms with E-state index in [1.165, 1.54) is 6.42 Å². The quantitative estimate of drug-likeness (QED) is 0.257. The highest BCUT2D eigenvalue weighted by molar-refractivity contribution is 6.35. The monoisotopic (exact) mass is 666 g/mol. The Kier molecular flexibility index (Phi) is 8.96. The first-order valence-corrected chi connectivity index (χ1v) is 17.4. The molecule has 3 saturated carbocycles. The van der Waals surface area contributed by atoms with Crippen LogP contribution in [0.1, 0.15) is 39.2 Å². The van der Waals surface area contributed by atoms with Crippen LogP contribution in [-0.4, -0.2) is 79.1 Å². The molecule has 246 valence electrons. The van der Waals surface area contributed by atoms with Gasteiger partial charge in [-0.3, -0.25) is 9.36 Å². The lowest BCUT2D eigenvalue weighted by atomic mass is 9.45. The summed E-state index contributed by atoms with van der Waals surface area (Å²) in [6, 6.07) is 11.6. The van der Waals surface area contributed by atoms with Crippen molar-refractivity contribution in [1.82, 2.24) is 14.5 Å². The van der Waals surface area contributed by atoms with Crippen LogP contribution in [-0.2, 0) is 22.4 Å². The van der Waals surface area contributed by atoms with Gasteiger partial charge in [0, 0.05) is 48.5 Å². The molecule has 1 N–H and O–H groups in total. The molecule has 3 aromatic rings. The smallest absolute Gasteiger partial charge is 0.262 e. The molecular weight excluding hydrogens is 623 g/mol. The Morgan fingerprint density at radius 3 is 2.46 bits per heavy atom. The Labute approximate surface area is 280 Å². The molecule has 1 aromatic heterocycles. The van der Waals surface area contributed by atoms with Crippen molar-refractivity contribution in [3.8, 4) is 0 Å². The molecular formula is C35H44Cl2N6O3. The number of nitrogens with one attached hydrogen (secondary N) is 1. The third-order valence-electron chi connectivity index (χ3n) is 11.0. The maximum atomic E-state index is 14.1. The summed E-state index contributed by atoms with van der Waals surface area (Å²) in [5, 5.41) is 5.43. The SMILES string of the molecule is C[C@H]1[C@H](N=C(Nc2ccc3c(=O)n(CCc4ccc(Cl)cc4Cl)c(N4CCOCC4)nc3c2)N2CCOCC2)C[C@H]2C[C@@H]1C2(C)C. The third kappa shape index (κ3) is 6.12. The molecule has 8 rings (SSSR count). The first-order chi connectivity index (χ1) is 22.2. The van der Waals surface area contributed by atoms with Gasteiger partial charge in [-0.25, -0.2) is 9.98 Å². The van der Waals surface area contributed by atoms with E-state index in [-0.39, 0.29) is 11.6 Å². The molecule has 3 aliphatic carbocycles. The Bertz CT molecular complexity index is 1680. The average molecular weight is 668 g/mol. The van der Waals surface area contributed by atoms with Crippen molar-refractivity contribution in [3.63, 3.8) is 0 Å². The third-order valence-corrected chi connectivity index (χ3v) is 11.6. The van der Waals surface area contributed by atoms with E-state index in [4.69, 9.17) is 42.7 Å². The van der Waals surface area contributed by atoms with Crippen molar-refractivity contribution in [2.45, 2.75) is 52.6 Å². The largest absolute Gasteiger partial charge is 0.378 e. The van der Waals surface area contributed by atoms with Crippen LogP contribution in [0.15, 0.2) is 46.2 Å². The van der Waals surface area contributed by atoms with Gasteiger partial charge in [0.25, 0.3) is 5.56 Å². The van der Waals surface area contributed by atoms with E-state index in [1.54, 1.807) is 10.6 Å². The number of hydrogen-bond acceptors (Lipinski definition) is 6. The van der Waals surface area contributed by atoms with Crippen molar-refractivity contribution in [2.75, 3.05) is 62.8 Å². The fourth-order valence-corrected chi connectivity index (χ4v) is 8.50. The minimum atomic E-state index is -0.0666. The number of morpholine rings is 2. The second kappa shape index (κ2) is 13.0. The summed E-state index contributed by atoms with van der Waals surface area (Å²) in [4.78, 5) is 29.0. The number of rotatable bonds is 6. The van der Waals surface area contributed by atoms with Gasteiger partial charge >= 0.3 is 0 Å². The first kappa shape index (κ1) is 31.7. The number of hydrogen-bond donors (Lipinski definition) is 1. The summed E-state index contributed by atoms with van der Waals surface area (Å²) in [6.07, 6.45) is 3.04. The molecule has 0 spiro atoms. The molecule has 11 heteroatoms. The highest BCUT2D eigenvalue weighted by atomic mass is 35.5. The molecule has 4 atom stereocenters. The van der Waals surface area contributed by atoms with Crippen LogP contribution in [0.4, 0.5) is 11.6 Å². The number of aryl methyl sites for hydroxylation is 1. The van der Waals surface area contributed by atoms with Gasteiger partial charge in [-0.2, -0.15) is 0 Å². The van der Waals surface area contributed by atoms with E-state index in [2.05, 4.69) is 35.9 Å². The molecule has 2 saturated heterocycles. The number of guanidine groups is 1. The van der Waals surface area contributed by atoms with Crippen molar-refractivity contribution < 1.29 is 9.47 Å². The number of aromatic nitrogens is 2. The van der Waals surface area contributed by atoms with Gasteiger partial charge < -0.3 is 24.6 Å². The molecule has 5 aliphatic rings. The Balaban J connectivity index is 1.21. The van der Waals surface area contributed by atoms with E-state index < -0.39 is 0 Å². The summed E-state index contributed by atoms with van der Waals surface area (Å²) in [5.74, 6) is 3.53. The van der Waals surface area contributed by atoms with Crippen molar-refractivity contribution in [3.05, 3.63) is 62.4 Å². The Morgan fingerprint density at radius 1 is 1.02 bits per heavy atom. The maximum absolute atomic E-state index is 14.1. The Morgan fingerprint density at radius 2 is 1.76 bits per heavy atom. The van der Waals surface area contributed by atoms with Crippen LogP contribution in [0.25, 0.3) is 10.9 Å². The second-order valence-corrected chi connectivity index (χ2v) is 14.7. The van der Waals surface area contributed by atoms with Gasteiger partial charge in [-0.05, 0) is 78.3 Å². The number of benzene rings is 2. The van der Waals surface area contributed by atoms with Crippen LogP contribution in [0.5, 0.6) is 0 Å². The number of fused-ring (bicyclic) bond motifs is 3. The van der Waals surface area contributed by atoms with Crippen molar-refractivity contribution in [1.29, 1.82) is 0 Å². The lowest BCUT2D eigenvalue weighted by Crippen LogP contribution is -2.56. The van der Waals surface area contributed by atoms with E-state index in [0.717, 1.165) is 42.6 Å². The lowest BCUT2D eigenvalue weighted by Gasteiger charge is -2.61. The van der Waals surface area contributed by atoms with E-state index >= 15 is 0 Å². The lowest BCUT2D eigenvalue weighted by molar-refractivity contribution is -0.108. The molecule has 2 aromatic carbocycles. The topological polar surface area (TPSA) is 84.2 Å². The van der Waals surface area contributed by atoms with Crippen molar-refractivity contribution >= 4 is 51.7 Å². The molecule has 46 heavy (non-hydrogen) atoms. The van der Waals surface area contributed by atoms with Crippen LogP contribution >= 0.6 is 23.2 Å². The normalized spacial score (nSPS) is 26.2. The number of halogens is 2. The summed E-state index contributed by atoms with van der Waals surface area (Å²) in [5.41, 5.74) is 2.82. The predicted molar refractivity (Wildman–Crippen MR) is 186 cm³/mol. The summed E-state index contributed by atoms with van der Waals surface area (Å²) >= 11 is 12.6. The highest BCUT2D eigenvalue weighted by Crippen LogP contribution is 2.61. The number of anilines is 2. The van der Waals surface area contributed by atoms with Crippen LogP contribution in [0.2, 0.25) is 10.0 Å². The zero-order chi connectivity index (χ0) is 32.0. The van der Waals surface area contributed by atoms with E-state index in [0.29, 0.717) is 96.6 Å².